The summed E-state index contributed by atoms with van der Waals surface area (Å²) in [7, 11) is 0. The number of anilines is 1. The van der Waals surface area contributed by atoms with Crippen molar-refractivity contribution in [1.29, 1.82) is 0 Å². The van der Waals surface area contributed by atoms with Crippen molar-refractivity contribution in [3.63, 3.8) is 0 Å². The van der Waals surface area contributed by atoms with E-state index in [4.69, 9.17) is 0 Å². The Morgan fingerprint density at radius 2 is 1.48 bits per heavy atom. The minimum atomic E-state index is -4.96. The Bertz CT molecular complexity index is 694. The molecule has 12 heteroatoms. The van der Waals surface area contributed by atoms with Crippen molar-refractivity contribution in [3.8, 4) is 0 Å². The minimum absolute atomic E-state index is 0.0343. The number of benzene rings is 1. The van der Waals surface area contributed by atoms with Crippen molar-refractivity contribution in [2.45, 2.75) is 13.1 Å². The summed E-state index contributed by atoms with van der Waals surface area (Å²) >= 11 is 0. The van der Waals surface area contributed by atoms with Crippen molar-refractivity contribution < 1.29 is 27.8 Å². The number of carbonyl (C=O) groups excluding carboxylic acids is 1. The van der Waals surface area contributed by atoms with E-state index in [9.17, 15) is 38.2 Å². The third-order valence-corrected chi connectivity index (χ3v) is 3.83. The average molecular weight is 362 g/mol. The minimum Gasteiger partial charge on any atom is -0.357 e. The third kappa shape index (κ3) is 3.78. The average Bonchev–Trinajstić information content (AvgIpc) is 2.52. The number of halogens is 3. The first-order valence-electron chi connectivity index (χ1n) is 7.07. The van der Waals surface area contributed by atoms with Crippen molar-refractivity contribution in [1.82, 2.24) is 4.90 Å². The maximum absolute atomic E-state index is 12.9. The molecule has 136 valence electrons. The summed E-state index contributed by atoms with van der Waals surface area (Å²) in [5, 5.41) is 22.4. The quantitative estimate of drug-likeness (QED) is 0.602. The van der Waals surface area contributed by atoms with Gasteiger partial charge in [-0.3, -0.25) is 25.0 Å². The maximum atomic E-state index is 12.9. The van der Waals surface area contributed by atoms with Crippen LogP contribution in [0.5, 0.6) is 0 Å². The number of hydrogen-bond acceptors (Lipinski definition) is 6. The SMILES string of the molecule is CC(=O)N1CCN(c2c([N+](=O)[O-])cc(C(F)(F)F)cc2[N+](=O)[O-])CC1. The zero-order valence-corrected chi connectivity index (χ0v) is 12.9. The fourth-order valence-electron chi connectivity index (χ4n) is 2.62. The lowest BCUT2D eigenvalue weighted by molar-refractivity contribution is -0.393. The highest BCUT2D eigenvalue weighted by atomic mass is 19.4. The van der Waals surface area contributed by atoms with E-state index in [1.807, 2.05) is 0 Å². The highest BCUT2D eigenvalue weighted by molar-refractivity contribution is 5.77. The molecule has 0 saturated carbocycles. The highest BCUT2D eigenvalue weighted by Gasteiger charge is 2.39. The zero-order chi connectivity index (χ0) is 18.9. The molecule has 1 aliphatic heterocycles. The predicted octanol–water partition coefficient (Wildman–Crippen LogP) is 2.19. The van der Waals surface area contributed by atoms with E-state index in [-0.39, 0.29) is 32.1 Å². The fourth-order valence-corrected chi connectivity index (χ4v) is 2.62. The number of nitro groups is 2. The van der Waals surface area contributed by atoms with Crippen LogP contribution in [0.3, 0.4) is 0 Å². The Hall–Kier alpha value is -2.92. The molecule has 25 heavy (non-hydrogen) atoms. The number of nitro benzene ring substituents is 2. The molecule has 0 spiro atoms. The number of hydrogen-bond donors (Lipinski definition) is 0. The second-order valence-electron chi connectivity index (χ2n) is 5.37. The topological polar surface area (TPSA) is 110 Å². The van der Waals surface area contributed by atoms with Crippen molar-refractivity contribution >= 4 is 23.0 Å². The van der Waals surface area contributed by atoms with Gasteiger partial charge in [0.2, 0.25) is 5.91 Å². The van der Waals surface area contributed by atoms with E-state index >= 15 is 0 Å². The van der Waals surface area contributed by atoms with Crippen LogP contribution in [0.15, 0.2) is 12.1 Å². The number of alkyl halides is 3. The first kappa shape index (κ1) is 18.4. The van der Waals surface area contributed by atoms with Gasteiger partial charge in [0.25, 0.3) is 11.4 Å². The smallest absolute Gasteiger partial charge is 0.357 e. The summed E-state index contributed by atoms with van der Waals surface area (Å²) in [6.45, 7) is 1.72. The van der Waals surface area contributed by atoms with Crippen LogP contribution in [0.25, 0.3) is 0 Å². The van der Waals surface area contributed by atoms with E-state index in [1.54, 1.807) is 0 Å². The molecule has 1 heterocycles. The van der Waals surface area contributed by atoms with Gasteiger partial charge in [-0.2, -0.15) is 13.2 Å². The molecule has 1 amide bonds. The van der Waals surface area contributed by atoms with Crippen LogP contribution in [0.4, 0.5) is 30.2 Å². The first-order valence-corrected chi connectivity index (χ1v) is 7.07. The molecule has 1 aliphatic rings. The summed E-state index contributed by atoms with van der Waals surface area (Å²) in [5.41, 5.74) is -3.92. The monoisotopic (exact) mass is 362 g/mol. The van der Waals surface area contributed by atoms with Crippen LogP contribution in [0, 0.1) is 20.2 Å². The molecule has 1 fully saturated rings. The van der Waals surface area contributed by atoms with E-state index in [1.165, 1.54) is 16.7 Å². The first-order chi connectivity index (χ1) is 11.5. The molecule has 0 radical (unpaired) electrons. The van der Waals surface area contributed by atoms with Gasteiger partial charge in [0.1, 0.15) is 0 Å². The Morgan fingerprint density at radius 3 is 1.80 bits per heavy atom. The van der Waals surface area contributed by atoms with Crippen LogP contribution in [0.2, 0.25) is 0 Å². The Kier molecular flexibility index (Phi) is 4.81. The molecule has 0 bridgehead atoms. The van der Waals surface area contributed by atoms with Crippen molar-refractivity contribution in [2.24, 2.45) is 0 Å². The van der Waals surface area contributed by atoms with E-state index in [0.29, 0.717) is 12.1 Å². The second kappa shape index (κ2) is 6.53. The summed E-state index contributed by atoms with van der Waals surface area (Å²) < 4.78 is 38.7. The summed E-state index contributed by atoms with van der Waals surface area (Å²) in [6, 6.07) is 0.583. The lowest BCUT2D eigenvalue weighted by atomic mass is 10.1. The van der Waals surface area contributed by atoms with Crippen LogP contribution in [-0.4, -0.2) is 46.8 Å². The van der Waals surface area contributed by atoms with Crippen LogP contribution >= 0.6 is 0 Å². The van der Waals surface area contributed by atoms with Gasteiger partial charge >= 0.3 is 6.18 Å². The molecule has 0 aromatic heterocycles. The van der Waals surface area contributed by atoms with Gasteiger partial charge in [-0.15, -0.1) is 0 Å². The molecular formula is C13H13F3N4O5. The van der Waals surface area contributed by atoms with E-state index in [2.05, 4.69) is 0 Å². The second-order valence-corrected chi connectivity index (χ2v) is 5.37. The van der Waals surface area contributed by atoms with Gasteiger partial charge in [0, 0.05) is 45.2 Å². The Labute approximate surface area is 138 Å². The maximum Gasteiger partial charge on any atom is 0.416 e. The van der Waals surface area contributed by atoms with Crippen LogP contribution < -0.4 is 4.90 Å². The van der Waals surface area contributed by atoms with Crippen LogP contribution in [-0.2, 0) is 11.0 Å². The molecule has 1 aromatic rings. The molecule has 1 saturated heterocycles. The third-order valence-electron chi connectivity index (χ3n) is 3.83. The van der Waals surface area contributed by atoms with Gasteiger partial charge in [0.05, 0.1) is 15.4 Å². The van der Waals surface area contributed by atoms with Crippen molar-refractivity contribution in [3.05, 3.63) is 37.9 Å². The van der Waals surface area contributed by atoms with Gasteiger partial charge in [-0.1, -0.05) is 0 Å². The molecule has 0 N–H and O–H groups in total. The molecule has 0 atom stereocenters. The largest absolute Gasteiger partial charge is 0.416 e. The van der Waals surface area contributed by atoms with Gasteiger partial charge in [-0.25, -0.2) is 0 Å². The Morgan fingerprint density at radius 1 is 1.04 bits per heavy atom. The molecular weight excluding hydrogens is 349 g/mol. The normalized spacial score (nSPS) is 15.2. The van der Waals surface area contributed by atoms with Crippen LogP contribution in [0.1, 0.15) is 12.5 Å². The van der Waals surface area contributed by atoms with Gasteiger partial charge in [0.15, 0.2) is 5.69 Å². The Balaban J connectivity index is 2.54. The number of amides is 1. The standard InChI is InChI=1S/C13H13F3N4O5/c1-8(21)17-2-4-18(5-3-17)12-10(19(22)23)6-9(13(14,15)16)7-11(12)20(24)25/h6-7H,2-5H2,1H3. The lowest BCUT2D eigenvalue weighted by Crippen LogP contribution is -2.48. The van der Waals surface area contributed by atoms with Gasteiger partial charge in [-0.05, 0) is 0 Å². The number of carbonyl (C=O) groups is 1. The van der Waals surface area contributed by atoms with E-state index < -0.39 is 38.6 Å². The highest BCUT2D eigenvalue weighted by Crippen LogP contribution is 2.43. The summed E-state index contributed by atoms with van der Waals surface area (Å²) in [5.74, 6) is -0.226. The zero-order valence-electron chi connectivity index (χ0n) is 12.9. The molecule has 2 rings (SSSR count). The predicted molar refractivity (Wildman–Crippen MR) is 79.2 cm³/mol. The summed E-state index contributed by atoms with van der Waals surface area (Å²) in [6.07, 6.45) is -4.96. The fraction of sp³-hybridized carbons (Fsp3) is 0.462. The number of piperazine rings is 1. The molecule has 0 aliphatic carbocycles. The molecule has 1 aromatic carbocycles. The lowest BCUT2D eigenvalue weighted by Gasteiger charge is -2.35. The number of nitrogens with zero attached hydrogens (tertiary/aromatic N) is 4. The van der Waals surface area contributed by atoms with Crippen molar-refractivity contribution in [2.75, 3.05) is 31.1 Å². The molecule has 0 unspecified atom stereocenters. The number of rotatable bonds is 3. The molecule has 9 nitrogen and oxygen atoms in total. The summed E-state index contributed by atoms with van der Waals surface area (Å²) in [4.78, 5) is 34.3. The van der Waals surface area contributed by atoms with Gasteiger partial charge < -0.3 is 9.80 Å². The van der Waals surface area contributed by atoms with E-state index in [0.717, 1.165) is 0 Å².